The molecule has 4 bridgehead atoms. The summed E-state index contributed by atoms with van der Waals surface area (Å²) >= 11 is 11.3. The van der Waals surface area contributed by atoms with Crippen LogP contribution >= 0.6 is 38.9 Å². The summed E-state index contributed by atoms with van der Waals surface area (Å²) in [6.07, 6.45) is 8.78. The van der Waals surface area contributed by atoms with Crippen molar-refractivity contribution in [3.63, 3.8) is 0 Å². The first-order chi connectivity index (χ1) is 9.12. The fourth-order valence-corrected chi connectivity index (χ4v) is 6.81. The second kappa shape index (κ2) is 4.72. The normalized spacial score (nSPS) is 40.0. The molecule has 4 fully saturated rings. The van der Waals surface area contributed by atoms with Crippen molar-refractivity contribution in [3.05, 3.63) is 19.8 Å². The molecule has 0 aliphatic heterocycles. The number of rotatable bonds is 3. The highest BCUT2D eigenvalue weighted by atomic mass is 79.9. The van der Waals surface area contributed by atoms with E-state index in [1.807, 2.05) is 0 Å². The number of nitrogens with one attached hydrogen (secondary N) is 1. The average molecular weight is 361 g/mol. The maximum absolute atomic E-state index is 6.13. The van der Waals surface area contributed by atoms with Crippen LogP contribution in [0.4, 0.5) is 0 Å². The van der Waals surface area contributed by atoms with Crippen LogP contribution in [0.15, 0.2) is 10.5 Å². The quantitative estimate of drug-likeness (QED) is 0.779. The highest BCUT2D eigenvalue weighted by Gasteiger charge is 2.50. The minimum absolute atomic E-state index is 0.456. The molecule has 4 heteroatoms. The van der Waals surface area contributed by atoms with Crippen molar-refractivity contribution in [2.24, 2.45) is 17.8 Å². The van der Waals surface area contributed by atoms with E-state index in [9.17, 15) is 0 Å². The van der Waals surface area contributed by atoms with Crippen LogP contribution in [0.2, 0.25) is 4.34 Å². The predicted octanol–water partition coefficient (Wildman–Crippen LogP) is 5.22. The Kier molecular flexibility index (Phi) is 3.26. The van der Waals surface area contributed by atoms with Crippen LogP contribution < -0.4 is 5.32 Å². The van der Waals surface area contributed by atoms with Gasteiger partial charge in [-0.3, -0.25) is 0 Å². The molecular weight excluding hydrogens is 342 g/mol. The zero-order valence-electron chi connectivity index (χ0n) is 10.9. The summed E-state index contributed by atoms with van der Waals surface area (Å²) in [5.74, 6) is 3.03. The summed E-state index contributed by atoms with van der Waals surface area (Å²) in [7, 11) is 0. The van der Waals surface area contributed by atoms with Gasteiger partial charge in [0.25, 0.3) is 0 Å². The Morgan fingerprint density at radius 3 is 2.26 bits per heavy atom. The first-order valence-corrected chi connectivity index (χ1v) is 9.29. The molecule has 0 spiro atoms. The van der Waals surface area contributed by atoms with Gasteiger partial charge in [-0.2, -0.15) is 0 Å². The van der Waals surface area contributed by atoms with Crippen molar-refractivity contribution in [2.75, 3.05) is 0 Å². The predicted molar refractivity (Wildman–Crippen MR) is 84.8 cm³/mol. The van der Waals surface area contributed by atoms with Crippen LogP contribution in [0.1, 0.15) is 43.4 Å². The first kappa shape index (κ1) is 13.1. The number of hydrogen-bond acceptors (Lipinski definition) is 2. The summed E-state index contributed by atoms with van der Waals surface area (Å²) in [6, 6.07) is 2.17. The van der Waals surface area contributed by atoms with Crippen LogP contribution in [-0.4, -0.2) is 5.54 Å². The highest BCUT2D eigenvalue weighted by molar-refractivity contribution is 9.10. The van der Waals surface area contributed by atoms with Gasteiger partial charge in [-0.05, 0) is 78.3 Å². The molecule has 0 saturated heterocycles. The van der Waals surface area contributed by atoms with E-state index >= 15 is 0 Å². The molecule has 0 aromatic carbocycles. The van der Waals surface area contributed by atoms with Gasteiger partial charge in [0.2, 0.25) is 0 Å². The minimum Gasteiger partial charge on any atom is -0.306 e. The van der Waals surface area contributed by atoms with Gasteiger partial charge in [-0.1, -0.05) is 11.6 Å². The molecule has 104 valence electrons. The SMILES string of the molecule is Clc1sc(CNC23CC4CC(CC(C4)C2)C3)cc1Br. The molecule has 1 aromatic heterocycles. The van der Waals surface area contributed by atoms with Gasteiger partial charge in [-0.15, -0.1) is 11.3 Å². The lowest BCUT2D eigenvalue weighted by atomic mass is 9.53. The summed E-state index contributed by atoms with van der Waals surface area (Å²) in [4.78, 5) is 1.35. The standard InChI is InChI=1S/C15H19BrClNS/c16-13-4-12(19-14(13)17)8-18-15-5-9-1-10(6-15)3-11(2-9)7-15/h4,9-11,18H,1-3,5-8H2. The third-order valence-corrected chi connectivity index (χ3v) is 7.85. The van der Waals surface area contributed by atoms with E-state index in [4.69, 9.17) is 11.6 Å². The Morgan fingerprint density at radius 1 is 1.21 bits per heavy atom. The van der Waals surface area contributed by atoms with Crippen molar-refractivity contribution < 1.29 is 0 Å². The molecule has 5 rings (SSSR count). The molecule has 0 unspecified atom stereocenters. The lowest BCUT2D eigenvalue weighted by Crippen LogP contribution is -2.58. The molecule has 1 N–H and O–H groups in total. The lowest BCUT2D eigenvalue weighted by molar-refractivity contribution is -0.0204. The fourth-order valence-electron chi connectivity index (χ4n) is 5.08. The van der Waals surface area contributed by atoms with E-state index in [0.29, 0.717) is 5.54 Å². The largest absolute Gasteiger partial charge is 0.306 e. The molecule has 4 aliphatic carbocycles. The van der Waals surface area contributed by atoms with Gasteiger partial charge < -0.3 is 5.32 Å². The number of hydrogen-bond donors (Lipinski definition) is 1. The van der Waals surface area contributed by atoms with E-state index in [1.54, 1.807) is 11.3 Å². The summed E-state index contributed by atoms with van der Waals surface area (Å²) < 4.78 is 1.92. The Bertz CT molecular complexity index is 444. The van der Waals surface area contributed by atoms with Gasteiger partial charge in [0, 0.05) is 21.4 Å². The summed E-state index contributed by atoms with van der Waals surface area (Å²) in [5.41, 5.74) is 0.456. The minimum atomic E-state index is 0.456. The van der Waals surface area contributed by atoms with Crippen molar-refractivity contribution in [1.29, 1.82) is 0 Å². The smallest absolute Gasteiger partial charge is 0.107 e. The maximum Gasteiger partial charge on any atom is 0.107 e. The molecule has 1 nitrogen and oxygen atoms in total. The van der Waals surface area contributed by atoms with Crippen LogP contribution in [0.3, 0.4) is 0 Å². The topological polar surface area (TPSA) is 12.0 Å². The van der Waals surface area contributed by atoms with Crippen LogP contribution in [0, 0.1) is 17.8 Å². The van der Waals surface area contributed by atoms with Crippen molar-refractivity contribution in [3.8, 4) is 0 Å². The van der Waals surface area contributed by atoms with Crippen LogP contribution in [-0.2, 0) is 6.54 Å². The Hall–Kier alpha value is 0.430. The summed E-state index contributed by atoms with van der Waals surface area (Å²) in [6.45, 7) is 0.988. The van der Waals surface area contributed by atoms with Crippen molar-refractivity contribution in [1.82, 2.24) is 5.32 Å². The molecule has 1 aromatic rings. The van der Waals surface area contributed by atoms with Gasteiger partial charge in [-0.25, -0.2) is 0 Å². The number of halogens is 2. The third kappa shape index (κ3) is 2.41. The van der Waals surface area contributed by atoms with Crippen molar-refractivity contribution in [2.45, 2.75) is 50.6 Å². The van der Waals surface area contributed by atoms with E-state index in [2.05, 4.69) is 27.3 Å². The average Bonchev–Trinajstić information content (AvgIpc) is 2.65. The van der Waals surface area contributed by atoms with Gasteiger partial charge in [0.15, 0.2) is 0 Å². The first-order valence-electron chi connectivity index (χ1n) is 7.31. The van der Waals surface area contributed by atoms with E-state index < -0.39 is 0 Å². The monoisotopic (exact) mass is 359 g/mol. The molecule has 19 heavy (non-hydrogen) atoms. The molecular formula is C15H19BrClNS. The zero-order chi connectivity index (χ0) is 13.0. The van der Waals surface area contributed by atoms with Gasteiger partial charge in [0.05, 0.1) is 0 Å². The molecule has 0 radical (unpaired) electrons. The zero-order valence-corrected chi connectivity index (χ0v) is 14.1. The Balaban J connectivity index is 1.47. The Morgan fingerprint density at radius 2 is 1.79 bits per heavy atom. The fraction of sp³-hybridized carbons (Fsp3) is 0.733. The second-order valence-electron chi connectivity index (χ2n) is 6.89. The van der Waals surface area contributed by atoms with E-state index in [-0.39, 0.29) is 0 Å². The second-order valence-corrected chi connectivity index (χ2v) is 9.48. The third-order valence-electron chi connectivity index (χ3n) is 5.37. The van der Waals surface area contributed by atoms with Crippen molar-refractivity contribution >= 4 is 38.9 Å². The van der Waals surface area contributed by atoms with Crippen LogP contribution in [0.5, 0.6) is 0 Å². The summed E-state index contributed by atoms with van der Waals surface area (Å²) in [5, 5.41) is 3.92. The molecule has 0 amide bonds. The molecule has 1 heterocycles. The van der Waals surface area contributed by atoms with Gasteiger partial charge >= 0.3 is 0 Å². The molecule has 4 aliphatic rings. The number of thiophene rings is 1. The van der Waals surface area contributed by atoms with Gasteiger partial charge in [0.1, 0.15) is 4.34 Å². The Labute approximate surface area is 132 Å². The lowest BCUT2D eigenvalue weighted by Gasteiger charge is -2.57. The maximum atomic E-state index is 6.13. The van der Waals surface area contributed by atoms with E-state index in [0.717, 1.165) is 33.1 Å². The molecule has 0 atom stereocenters. The van der Waals surface area contributed by atoms with E-state index in [1.165, 1.54) is 43.4 Å². The highest BCUT2D eigenvalue weighted by Crippen LogP contribution is 2.55. The van der Waals surface area contributed by atoms with Crippen LogP contribution in [0.25, 0.3) is 0 Å². The molecule has 4 saturated carbocycles.